The molecule has 2 aromatic heterocycles. The highest BCUT2D eigenvalue weighted by atomic mass is 35.5. The van der Waals surface area contributed by atoms with Gasteiger partial charge < -0.3 is 0 Å². The van der Waals surface area contributed by atoms with Crippen molar-refractivity contribution < 1.29 is 13.3 Å². The van der Waals surface area contributed by atoms with Gasteiger partial charge >= 0.3 is 0 Å². The molecule has 7 nitrogen and oxygen atoms in total. The van der Waals surface area contributed by atoms with Crippen LogP contribution in [0.3, 0.4) is 0 Å². The summed E-state index contributed by atoms with van der Waals surface area (Å²) in [6, 6.07) is 3.81. The van der Waals surface area contributed by atoms with Gasteiger partial charge in [-0.1, -0.05) is 11.6 Å². The van der Waals surface area contributed by atoms with Gasteiger partial charge in [0.05, 0.1) is 4.92 Å². The topological polar surface area (TPSA) is 102 Å². The smallest absolute Gasteiger partial charge is 0.265 e. The molecule has 2 aromatic rings. The van der Waals surface area contributed by atoms with Crippen LogP contribution < -0.4 is 4.72 Å². The molecule has 0 aliphatic heterocycles. The first kappa shape index (κ1) is 15.8. The number of nitrogens with zero attached hydrogens (tertiary/aromatic N) is 2. The summed E-state index contributed by atoms with van der Waals surface area (Å²) < 4.78 is 26.5. The standard InChI is InChI=1S/C11H10ClN3O4S2/c1-7(8-2-4-13-5-3-8)14-21(18,19)10-6-9(15(16)17)11(12)20-10/h2-7,14H,1H3. The van der Waals surface area contributed by atoms with E-state index in [1.54, 1.807) is 31.5 Å². The minimum Gasteiger partial charge on any atom is -0.265 e. The molecule has 1 N–H and O–H groups in total. The SMILES string of the molecule is CC(NS(=O)(=O)c1cc([N+](=O)[O-])c(Cl)s1)c1ccncc1. The van der Waals surface area contributed by atoms with Crippen molar-refractivity contribution in [1.29, 1.82) is 0 Å². The molecule has 0 aliphatic carbocycles. The van der Waals surface area contributed by atoms with Crippen molar-refractivity contribution in [1.82, 2.24) is 9.71 Å². The van der Waals surface area contributed by atoms with Gasteiger partial charge in [-0.2, -0.15) is 0 Å². The van der Waals surface area contributed by atoms with Gasteiger partial charge in [0, 0.05) is 24.5 Å². The molecule has 1 atom stereocenters. The zero-order valence-corrected chi connectivity index (χ0v) is 13.1. The number of sulfonamides is 1. The van der Waals surface area contributed by atoms with E-state index in [-0.39, 0.29) is 8.55 Å². The molecule has 1 unspecified atom stereocenters. The summed E-state index contributed by atoms with van der Waals surface area (Å²) in [6.07, 6.45) is 3.10. The molecule has 0 fully saturated rings. The van der Waals surface area contributed by atoms with Crippen LogP contribution in [0.2, 0.25) is 4.34 Å². The van der Waals surface area contributed by atoms with Gasteiger partial charge in [-0.15, -0.1) is 11.3 Å². The quantitative estimate of drug-likeness (QED) is 0.661. The van der Waals surface area contributed by atoms with Crippen LogP contribution in [0.1, 0.15) is 18.5 Å². The molecule has 0 amide bonds. The highest BCUT2D eigenvalue weighted by Crippen LogP contribution is 2.36. The van der Waals surface area contributed by atoms with Crippen molar-refractivity contribution in [3.8, 4) is 0 Å². The number of pyridine rings is 1. The first-order valence-corrected chi connectivity index (χ1v) is 8.35. The van der Waals surface area contributed by atoms with Crippen LogP contribution in [-0.2, 0) is 10.0 Å². The summed E-state index contributed by atoms with van der Waals surface area (Å²) in [4.78, 5) is 13.8. The van der Waals surface area contributed by atoms with E-state index in [2.05, 4.69) is 9.71 Å². The molecular formula is C11H10ClN3O4S2. The van der Waals surface area contributed by atoms with E-state index in [0.717, 1.165) is 11.6 Å². The van der Waals surface area contributed by atoms with Crippen LogP contribution in [0.25, 0.3) is 0 Å². The maximum Gasteiger partial charge on any atom is 0.300 e. The molecule has 0 saturated carbocycles. The van der Waals surface area contributed by atoms with Gasteiger partial charge in [-0.05, 0) is 24.6 Å². The van der Waals surface area contributed by atoms with Crippen LogP contribution in [0.15, 0.2) is 34.8 Å². The van der Waals surface area contributed by atoms with E-state index in [0.29, 0.717) is 11.3 Å². The molecule has 2 rings (SSSR count). The maximum absolute atomic E-state index is 12.2. The van der Waals surface area contributed by atoms with Gasteiger partial charge in [0.1, 0.15) is 4.21 Å². The maximum atomic E-state index is 12.2. The van der Waals surface area contributed by atoms with Crippen molar-refractivity contribution in [2.45, 2.75) is 17.2 Å². The van der Waals surface area contributed by atoms with Crippen molar-refractivity contribution in [2.75, 3.05) is 0 Å². The molecule has 0 radical (unpaired) electrons. The van der Waals surface area contributed by atoms with E-state index < -0.39 is 26.7 Å². The number of thiophene rings is 1. The van der Waals surface area contributed by atoms with Crippen LogP contribution in [-0.4, -0.2) is 18.3 Å². The van der Waals surface area contributed by atoms with Gasteiger partial charge in [0.2, 0.25) is 0 Å². The number of nitro groups is 1. The average molecular weight is 348 g/mol. The molecule has 0 spiro atoms. The highest BCUT2D eigenvalue weighted by Gasteiger charge is 2.26. The minimum atomic E-state index is -3.88. The van der Waals surface area contributed by atoms with E-state index in [4.69, 9.17) is 11.6 Å². The zero-order chi connectivity index (χ0) is 15.6. The van der Waals surface area contributed by atoms with Crippen molar-refractivity contribution >= 4 is 38.6 Å². The van der Waals surface area contributed by atoms with Gasteiger partial charge in [0.15, 0.2) is 4.34 Å². The summed E-state index contributed by atoms with van der Waals surface area (Å²) >= 11 is 6.32. The fourth-order valence-corrected chi connectivity index (χ4v) is 4.52. The third kappa shape index (κ3) is 3.56. The van der Waals surface area contributed by atoms with Gasteiger partial charge in [-0.3, -0.25) is 15.1 Å². The molecular weight excluding hydrogens is 338 g/mol. The number of aromatic nitrogens is 1. The van der Waals surface area contributed by atoms with Crippen LogP contribution in [0, 0.1) is 10.1 Å². The highest BCUT2D eigenvalue weighted by molar-refractivity contribution is 7.91. The Morgan fingerprint density at radius 2 is 2.05 bits per heavy atom. The summed E-state index contributed by atoms with van der Waals surface area (Å²) in [5, 5.41) is 10.7. The normalized spacial score (nSPS) is 13.0. The largest absolute Gasteiger partial charge is 0.300 e. The fourth-order valence-electron chi connectivity index (χ4n) is 1.61. The first-order chi connectivity index (χ1) is 9.81. The molecule has 10 heteroatoms. The van der Waals surface area contributed by atoms with E-state index >= 15 is 0 Å². The molecule has 21 heavy (non-hydrogen) atoms. The lowest BCUT2D eigenvalue weighted by Crippen LogP contribution is -2.26. The predicted octanol–water partition coefficient (Wildman–Crippen LogP) is 2.74. The Kier molecular flexibility index (Phi) is 4.57. The zero-order valence-electron chi connectivity index (χ0n) is 10.7. The second-order valence-corrected chi connectivity index (χ2v) is 7.70. The lowest BCUT2D eigenvalue weighted by molar-refractivity contribution is -0.384. The lowest BCUT2D eigenvalue weighted by Gasteiger charge is -2.13. The predicted molar refractivity (Wildman–Crippen MR) is 79.0 cm³/mol. The van der Waals surface area contributed by atoms with Crippen LogP contribution in [0.5, 0.6) is 0 Å². The number of hydrogen-bond acceptors (Lipinski definition) is 6. The van der Waals surface area contributed by atoms with E-state index in [1.165, 1.54) is 0 Å². The van der Waals surface area contributed by atoms with Crippen molar-refractivity contribution in [3.63, 3.8) is 0 Å². The fraction of sp³-hybridized carbons (Fsp3) is 0.182. The molecule has 112 valence electrons. The second kappa shape index (κ2) is 6.06. The minimum absolute atomic E-state index is 0.170. The third-order valence-corrected chi connectivity index (χ3v) is 6.00. The summed E-state index contributed by atoms with van der Waals surface area (Å²) in [6.45, 7) is 1.66. The number of hydrogen-bond donors (Lipinski definition) is 1. The Balaban J connectivity index is 2.27. The van der Waals surface area contributed by atoms with Gasteiger partial charge in [0.25, 0.3) is 15.7 Å². The summed E-state index contributed by atoms with van der Waals surface area (Å²) in [5.74, 6) is 0. The Labute approximate surface area is 129 Å². The van der Waals surface area contributed by atoms with E-state index in [9.17, 15) is 18.5 Å². The summed E-state index contributed by atoms with van der Waals surface area (Å²) in [5.41, 5.74) is 0.310. The number of nitrogens with one attached hydrogen (secondary N) is 1. The number of rotatable bonds is 5. The second-order valence-electron chi connectivity index (χ2n) is 4.11. The van der Waals surface area contributed by atoms with Crippen molar-refractivity contribution in [3.05, 3.63) is 50.6 Å². The van der Waals surface area contributed by atoms with Crippen LogP contribution in [0.4, 0.5) is 5.69 Å². The van der Waals surface area contributed by atoms with E-state index in [1.807, 2.05) is 0 Å². The molecule has 0 aliphatic rings. The Morgan fingerprint density at radius 1 is 1.43 bits per heavy atom. The average Bonchev–Trinajstić information content (AvgIpc) is 2.82. The monoisotopic (exact) mass is 347 g/mol. The Morgan fingerprint density at radius 3 is 2.57 bits per heavy atom. The van der Waals surface area contributed by atoms with Gasteiger partial charge in [-0.25, -0.2) is 13.1 Å². The lowest BCUT2D eigenvalue weighted by atomic mass is 10.1. The Bertz CT molecular complexity index is 761. The summed E-state index contributed by atoms with van der Waals surface area (Å²) in [7, 11) is -3.88. The number of halogens is 1. The Hall–Kier alpha value is -1.55. The first-order valence-electron chi connectivity index (χ1n) is 5.67. The molecule has 0 bridgehead atoms. The molecule has 0 aromatic carbocycles. The third-order valence-electron chi connectivity index (χ3n) is 2.65. The van der Waals surface area contributed by atoms with Crippen molar-refractivity contribution in [2.24, 2.45) is 0 Å². The molecule has 2 heterocycles. The van der Waals surface area contributed by atoms with Crippen LogP contribution >= 0.6 is 22.9 Å². The molecule has 0 saturated heterocycles.